The second-order valence-electron chi connectivity index (χ2n) is 5.06. The van der Waals surface area contributed by atoms with Crippen molar-refractivity contribution >= 4 is 33.6 Å². The molecule has 0 radical (unpaired) electrons. The molecule has 0 fully saturated rings. The summed E-state index contributed by atoms with van der Waals surface area (Å²) in [5.74, 6) is 2.13. The van der Waals surface area contributed by atoms with Gasteiger partial charge < -0.3 is 0 Å². The number of pyridine rings is 1. The third-order valence-electron chi connectivity index (χ3n) is 3.15. The van der Waals surface area contributed by atoms with Gasteiger partial charge in [0.2, 0.25) is 11.8 Å². The third-order valence-corrected chi connectivity index (χ3v) is 3.68. The quantitative estimate of drug-likeness (QED) is 0.327. The van der Waals surface area contributed by atoms with Crippen molar-refractivity contribution in [3.63, 3.8) is 0 Å². The predicted molar refractivity (Wildman–Crippen MR) is 101 cm³/mol. The average molecular weight is 389 g/mol. The van der Waals surface area contributed by atoms with E-state index in [1.54, 1.807) is 31.3 Å². The first kappa shape index (κ1) is 19.9. The Morgan fingerprint density at radius 2 is 1.75 bits per heavy atom. The molecule has 1 aliphatic heterocycles. The summed E-state index contributed by atoms with van der Waals surface area (Å²) in [6.07, 6.45) is 14.8. The van der Waals surface area contributed by atoms with Crippen molar-refractivity contribution in [3.8, 4) is 12.3 Å². The van der Waals surface area contributed by atoms with Crippen molar-refractivity contribution in [1.29, 1.82) is 0 Å². The summed E-state index contributed by atoms with van der Waals surface area (Å²) in [5, 5.41) is 0. The van der Waals surface area contributed by atoms with Crippen LogP contribution in [-0.4, -0.2) is 16.8 Å². The maximum atomic E-state index is 12.3. The Morgan fingerprint density at radius 3 is 2.25 bits per heavy atom. The van der Waals surface area contributed by atoms with Crippen LogP contribution in [0.15, 0.2) is 42.6 Å². The van der Waals surface area contributed by atoms with E-state index in [4.69, 9.17) is 0 Å². The standard InChI is InChI=1S/C16H17BrN2O2.C3H4/c1-12(17)13-9-10-18-14(11-13)19-15(20)7-5-3-2-4-6-8-16(19)21;1-3-2/h3-6,9-12H,2,7-8H2,1H3;1H,2H3/b5-3-,6-4-;. The molecule has 5 heteroatoms. The van der Waals surface area contributed by atoms with Gasteiger partial charge in [-0.25, -0.2) is 9.88 Å². The number of carbonyl (C=O) groups excluding carboxylic acids is 2. The maximum Gasteiger partial charge on any atom is 0.238 e. The van der Waals surface area contributed by atoms with Gasteiger partial charge in [0.05, 0.1) is 0 Å². The van der Waals surface area contributed by atoms with Crippen molar-refractivity contribution < 1.29 is 9.59 Å². The number of halogens is 1. The van der Waals surface area contributed by atoms with Crippen molar-refractivity contribution in [2.24, 2.45) is 0 Å². The van der Waals surface area contributed by atoms with Crippen LogP contribution in [0, 0.1) is 12.3 Å². The molecule has 1 atom stereocenters. The number of aromatic nitrogens is 1. The molecular weight excluding hydrogens is 368 g/mol. The minimum absolute atomic E-state index is 0.130. The topological polar surface area (TPSA) is 50.3 Å². The molecule has 2 rings (SSSR count). The molecule has 2 amide bonds. The second kappa shape index (κ2) is 10.6. The maximum absolute atomic E-state index is 12.3. The Bertz CT molecular complexity index is 646. The number of rotatable bonds is 2. The summed E-state index contributed by atoms with van der Waals surface area (Å²) in [4.78, 5) is 30.1. The van der Waals surface area contributed by atoms with Crippen molar-refractivity contribution in [3.05, 3.63) is 48.2 Å². The molecule has 126 valence electrons. The Hall–Kier alpha value is -2.19. The summed E-state index contributed by atoms with van der Waals surface area (Å²) >= 11 is 3.48. The van der Waals surface area contributed by atoms with E-state index in [0.717, 1.165) is 12.0 Å². The predicted octanol–water partition coefficient (Wildman–Crippen LogP) is 4.33. The van der Waals surface area contributed by atoms with Gasteiger partial charge in [0.25, 0.3) is 0 Å². The molecule has 0 N–H and O–H groups in total. The number of carbonyl (C=O) groups is 2. The van der Waals surface area contributed by atoms with Crippen LogP contribution in [0.2, 0.25) is 0 Å². The van der Waals surface area contributed by atoms with E-state index >= 15 is 0 Å². The summed E-state index contributed by atoms with van der Waals surface area (Å²) < 4.78 is 0. The monoisotopic (exact) mass is 388 g/mol. The molecular formula is C19H21BrN2O2. The first-order valence-corrected chi connectivity index (χ1v) is 8.56. The zero-order valence-corrected chi connectivity index (χ0v) is 15.5. The fraction of sp³-hybridized carbons (Fsp3) is 0.316. The Labute approximate surface area is 151 Å². The number of terminal acetylenes is 1. The third kappa shape index (κ3) is 6.13. The highest BCUT2D eigenvalue weighted by atomic mass is 79.9. The van der Waals surface area contributed by atoms with Crippen LogP contribution in [0.5, 0.6) is 0 Å². The Morgan fingerprint density at radius 1 is 1.21 bits per heavy atom. The molecule has 24 heavy (non-hydrogen) atoms. The average Bonchev–Trinajstić information content (AvgIpc) is 2.55. The summed E-state index contributed by atoms with van der Waals surface area (Å²) in [6.45, 7) is 3.64. The van der Waals surface area contributed by atoms with E-state index in [-0.39, 0.29) is 29.5 Å². The molecule has 1 aromatic rings. The van der Waals surface area contributed by atoms with Gasteiger partial charge in [0.1, 0.15) is 5.82 Å². The Kier molecular flexibility index (Phi) is 8.74. The molecule has 0 aromatic carbocycles. The smallest absolute Gasteiger partial charge is 0.238 e. The highest BCUT2D eigenvalue weighted by molar-refractivity contribution is 9.09. The number of imide groups is 1. The molecule has 0 aliphatic carbocycles. The fourth-order valence-corrected chi connectivity index (χ4v) is 2.31. The van der Waals surface area contributed by atoms with Gasteiger partial charge in [-0.2, -0.15) is 0 Å². The summed E-state index contributed by atoms with van der Waals surface area (Å²) in [5.41, 5.74) is 0.976. The first-order chi connectivity index (χ1) is 11.5. The highest BCUT2D eigenvalue weighted by Gasteiger charge is 2.23. The molecule has 1 unspecified atom stereocenters. The fourth-order valence-electron chi connectivity index (χ4n) is 2.02. The van der Waals surface area contributed by atoms with Crippen LogP contribution in [-0.2, 0) is 9.59 Å². The van der Waals surface area contributed by atoms with Gasteiger partial charge >= 0.3 is 0 Å². The molecule has 1 aliphatic rings. The zero-order valence-electron chi connectivity index (χ0n) is 13.9. The van der Waals surface area contributed by atoms with E-state index in [9.17, 15) is 9.59 Å². The van der Waals surface area contributed by atoms with Crippen LogP contribution in [0.25, 0.3) is 0 Å². The number of allylic oxidation sites excluding steroid dienone is 2. The minimum Gasteiger partial charge on any atom is -0.274 e. The number of hydrogen-bond acceptors (Lipinski definition) is 3. The summed E-state index contributed by atoms with van der Waals surface area (Å²) in [6, 6.07) is 3.63. The van der Waals surface area contributed by atoms with Gasteiger partial charge in [0, 0.05) is 23.9 Å². The van der Waals surface area contributed by atoms with E-state index in [1.807, 2.05) is 25.1 Å². The van der Waals surface area contributed by atoms with Crippen LogP contribution in [0.4, 0.5) is 5.82 Å². The lowest BCUT2D eigenvalue weighted by molar-refractivity contribution is -0.125. The Balaban J connectivity index is 0.000000891. The number of nitrogens with zero attached hydrogens (tertiary/aromatic N) is 2. The minimum atomic E-state index is -0.251. The summed E-state index contributed by atoms with van der Waals surface area (Å²) in [7, 11) is 0. The van der Waals surface area contributed by atoms with E-state index < -0.39 is 0 Å². The van der Waals surface area contributed by atoms with Crippen LogP contribution in [0.3, 0.4) is 0 Å². The number of amides is 2. The molecule has 0 spiro atoms. The van der Waals surface area contributed by atoms with Gasteiger partial charge in [0.15, 0.2) is 0 Å². The van der Waals surface area contributed by atoms with Gasteiger partial charge in [-0.05, 0) is 38.0 Å². The van der Waals surface area contributed by atoms with Crippen molar-refractivity contribution in [2.45, 2.75) is 37.9 Å². The van der Waals surface area contributed by atoms with E-state index in [1.165, 1.54) is 4.90 Å². The lowest BCUT2D eigenvalue weighted by atomic mass is 10.2. The van der Waals surface area contributed by atoms with Gasteiger partial charge in [-0.15, -0.1) is 12.3 Å². The lowest BCUT2D eigenvalue weighted by Gasteiger charge is -2.20. The van der Waals surface area contributed by atoms with Gasteiger partial charge in [-0.3, -0.25) is 9.59 Å². The molecule has 0 saturated heterocycles. The molecule has 1 aromatic heterocycles. The SMILES string of the molecule is C#CC.CC(Br)c1ccnc(N2C(=O)C/C=C\C/C=C\CC2=O)c1. The van der Waals surface area contributed by atoms with Crippen molar-refractivity contribution in [2.75, 3.05) is 4.90 Å². The normalized spacial score (nSPS) is 18.7. The number of alkyl halides is 1. The molecule has 0 saturated carbocycles. The number of anilines is 1. The molecule has 4 nitrogen and oxygen atoms in total. The largest absolute Gasteiger partial charge is 0.274 e. The van der Waals surface area contributed by atoms with E-state index in [2.05, 4.69) is 33.3 Å². The lowest BCUT2D eigenvalue weighted by Crippen LogP contribution is -2.37. The van der Waals surface area contributed by atoms with Crippen molar-refractivity contribution in [1.82, 2.24) is 4.98 Å². The van der Waals surface area contributed by atoms with Crippen LogP contribution in [0.1, 0.15) is 43.5 Å². The first-order valence-electron chi connectivity index (χ1n) is 7.64. The second-order valence-corrected chi connectivity index (χ2v) is 6.44. The van der Waals surface area contributed by atoms with Crippen LogP contribution < -0.4 is 4.90 Å². The molecule has 2 heterocycles. The zero-order chi connectivity index (χ0) is 17.9. The molecule has 0 bridgehead atoms. The van der Waals surface area contributed by atoms with Gasteiger partial charge in [-0.1, -0.05) is 40.2 Å². The highest BCUT2D eigenvalue weighted by Crippen LogP contribution is 2.25. The van der Waals surface area contributed by atoms with Crippen LogP contribution >= 0.6 is 15.9 Å². The van der Waals surface area contributed by atoms with E-state index in [0.29, 0.717) is 5.82 Å². The number of hydrogen-bond donors (Lipinski definition) is 0.